The van der Waals surface area contributed by atoms with E-state index in [9.17, 15) is 4.79 Å². The van der Waals surface area contributed by atoms with Crippen LogP contribution in [0.2, 0.25) is 5.02 Å². The predicted molar refractivity (Wildman–Crippen MR) is 98.2 cm³/mol. The van der Waals surface area contributed by atoms with Gasteiger partial charge in [0.2, 0.25) is 5.91 Å². The van der Waals surface area contributed by atoms with Crippen molar-refractivity contribution in [3.8, 4) is 5.75 Å². The van der Waals surface area contributed by atoms with Gasteiger partial charge < -0.3 is 9.64 Å². The number of hydrogen-bond donors (Lipinski definition) is 1. The van der Waals surface area contributed by atoms with Crippen molar-refractivity contribution < 1.29 is 9.53 Å². The minimum absolute atomic E-state index is 0.132. The second-order valence-corrected chi connectivity index (χ2v) is 5.82. The summed E-state index contributed by atoms with van der Waals surface area (Å²) in [6, 6.07) is 13.0. The molecule has 0 saturated heterocycles. The fourth-order valence-corrected chi connectivity index (χ4v) is 2.25. The van der Waals surface area contributed by atoms with Crippen molar-refractivity contribution in [2.75, 3.05) is 26.1 Å². The zero-order chi connectivity index (χ0) is 17.5. The molecule has 0 spiro atoms. The van der Waals surface area contributed by atoms with Crippen LogP contribution in [-0.4, -0.2) is 33.3 Å². The summed E-state index contributed by atoms with van der Waals surface area (Å²) in [4.78, 5) is 14.0. The normalized spacial score (nSPS) is 10.7. The van der Waals surface area contributed by atoms with Gasteiger partial charge in [-0.25, -0.2) is 5.43 Å². The molecule has 0 heterocycles. The summed E-state index contributed by atoms with van der Waals surface area (Å²) in [5, 5.41) is 4.49. The first-order chi connectivity index (χ1) is 11.5. The summed E-state index contributed by atoms with van der Waals surface area (Å²) < 4.78 is 5.13. The van der Waals surface area contributed by atoms with E-state index < -0.39 is 0 Å². The zero-order valence-corrected chi connectivity index (χ0v) is 14.7. The summed E-state index contributed by atoms with van der Waals surface area (Å²) in [6.45, 7) is 0. The number of hydrazone groups is 1. The molecule has 0 radical (unpaired) electrons. The first-order valence-electron chi connectivity index (χ1n) is 7.41. The Balaban J connectivity index is 1.93. The minimum atomic E-state index is -0.244. The maximum Gasteiger partial charge on any atom is 0.244 e. The van der Waals surface area contributed by atoms with E-state index >= 15 is 0 Å². The molecule has 24 heavy (non-hydrogen) atoms. The van der Waals surface area contributed by atoms with Gasteiger partial charge in [0.05, 0.1) is 19.7 Å². The van der Waals surface area contributed by atoms with Gasteiger partial charge in [-0.15, -0.1) is 0 Å². The highest BCUT2D eigenvalue weighted by Crippen LogP contribution is 2.22. The molecular formula is C18H20ClN3O2. The number of carbonyl (C=O) groups excluding carboxylic acids is 1. The third-order valence-electron chi connectivity index (χ3n) is 3.42. The van der Waals surface area contributed by atoms with E-state index in [4.69, 9.17) is 16.3 Å². The van der Waals surface area contributed by atoms with E-state index in [1.54, 1.807) is 31.5 Å². The first-order valence-corrected chi connectivity index (χ1v) is 7.79. The molecule has 0 aliphatic heterocycles. The SMILES string of the molecule is COc1ccc(Cl)c(CC(=O)N/N=C/c2ccc(N(C)C)cc2)c1. The minimum Gasteiger partial charge on any atom is -0.497 e. The molecule has 0 saturated carbocycles. The van der Waals surface area contributed by atoms with Crippen molar-refractivity contribution in [1.82, 2.24) is 5.43 Å². The van der Waals surface area contributed by atoms with Crippen LogP contribution in [0.25, 0.3) is 0 Å². The first kappa shape index (κ1) is 17.8. The van der Waals surface area contributed by atoms with E-state index in [1.807, 2.05) is 43.3 Å². The fourth-order valence-electron chi connectivity index (χ4n) is 2.06. The highest BCUT2D eigenvalue weighted by atomic mass is 35.5. The van der Waals surface area contributed by atoms with Crippen LogP contribution < -0.4 is 15.1 Å². The lowest BCUT2D eigenvalue weighted by atomic mass is 10.1. The molecule has 1 N–H and O–H groups in total. The number of nitrogens with zero attached hydrogens (tertiary/aromatic N) is 2. The monoisotopic (exact) mass is 345 g/mol. The quantitative estimate of drug-likeness (QED) is 0.646. The molecule has 0 aromatic heterocycles. The highest BCUT2D eigenvalue weighted by molar-refractivity contribution is 6.31. The summed E-state index contributed by atoms with van der Waals surface area (Å²) in [7, 11) is 5.53. The topological polar surface area (TPSA) is 53.9 Å². The van der Waals surface area contributed by atoms with Gasteiger partial charge in [-0.2, -0.15) is 5.10 Å². The van der Waals surface area contributed by atoms with Gasteiger partial charge in [-0.05, 0) is 41.5 Å². The van der Waals surface area contributed by atoms with Crippen LogP contribution in [0.3, 0.4) is 0 Å². The molecule has 2 aromatic rings. The van der Waals surface area contributed by atoms with Gasteiger partial charge in [-0.3, -0.25) is 4.79 Å². The zero-order valence-electron chi connectivity index (χ0n) is 13.9. The van der Waals surface area contributed by atoms with E-state index in [0.717, 1.165) is 11.3 Å². The second-order valence-electron chi connectivity index (χ2n) is 5.41. The molecule has 0 atom stereocenters. The van der Waals surface area contributed by atoms with Crippen LogP contribution in [0.1, 0.15) is 11.1 Å². The molecule has 2 rings (SSSR count). The smallest absolute Gasteiger partial charge is 0.244 e. The molecule has 0 fully saturated rings. The number of hydrogen-bond acceptors (Lipinski definition) is 4. The Morgan fingerprint density at radius 2 is 1.96 bits per heavy atom. The number of halogens is 1. The number of ether oxygens (including phenoxy) is 1. The van der Waals surface area contributed by atoms with Gasteiger partial charge in [0.15, 0.2) is 0 Å². The van der Waals surface area contributed by atoms with Gasteiger partial charge in [0.1, 0.15) is 5.75 Å². The summed E-state index contributed by atoms with van der Waals surface area (Å²) in [5.74, 6) is 0.415. The Morgan fingerprint density at radius 1 is 1.25 bits per heavy atom. The molecule has 6 heteroatoms. The fraction of sp³-hybridized carbons (Fsp3) is 0.222. The third-order valence-corrected chi connectivity index (χ3v) is 3.78. The average Bonchev–Trinajstić information content (AvgIpc) is 2.57. The van der Waals surface area contributed by atoms with Crippen molar-refractivity contribution in [1.29, 1.82) is 0 Å². The Bertz CT molecular complexity index is 728. The van der Waals surface area contributed by atoms with Crippen molar-refractivity contribution in [3.63, 3.8) is 0 Å². The van der Waals surface area contributed by atoms with Crippen LogP contribution in [0.5, 0.6) is 5.75 Å². The van der Waals surface area contributed by atoms with Crippen molar-refractivity contribution in [2.24, 2.45) is 5.10 Å². The van der Waals surface area contributed by atoms with E-state index in [-0.39, 0.29) is 12.3 Å². The molecule has 5 nitrogen and oxygen atoms in total. The molecular weight excluding hydrogens is 326 g/mol. The molecule has 1 amide bonds. The summed E-state index contributed by atoms with van der Waals surface area (Å²) >= 11 is 6.09. The van der Waals surface area contributed by atoms with Crippen LogP contribution in [0.15, 0.2) is 47.6 Å². The van der Waals surface area contributed by atoms with Crippen LogP contribution in [-0.2, 0) is 11.2 Å². The second kappa shape index (κ2) is 8.36. The lowest BCUT2D eigenvalue weighted by molar-refractivity contribution is -0.120. The Labute approximate surface area is 146 Å². The van der Waals surface area contributed by atoms with Crippen molar-refractivity contribution in [3.05, 3.63) is 58.6 Å². The van der Waals surface area contributed by atoms with Crippen LogP contribution in [0.4, 0.5) is 5.69 Å². The third kappa shape index (κ3) is 4.99. The number of benzene rings is 2. The number of amides is 1. The summed E-state index contributed by atoms with van der Waals surface area (Å²) in [6.07, 6.45) is 1.73. The molecule has 0 unspecified atom stereocenters. The van der Waals surface area contributed by atoms with Crippen LogP contribution in [0, 0.1) is 0 Å². The van der Waals surface area contributed by atoms with E-state index in [1.165, 1.54) is 0 Å². The molecule has 2 aromatic carbocycles. The van der Waals surface area contributed by atoms with Gasteiger partial charge in [0.25, 0.3) is 0 Å². The number of carbonyl (C=O) groups is 1. The molecule has 126 valence electrons. The molecule has 0 aliphatic carbocycles. The van der Waals surface area contributed by atoms with Gasteiger partial charge >= 0.3 is 0 Å². The average molecular weight is 346 g/mol. The van der Waals surface area contributed by atoms with E-state index in [0.29, 0.717) is 16.3 Å². The van der Waals surface area contributed by atoms with Crippen molar-refractivity contribution in [2.45, 2.75) is 6.42 Å². The van der Waals surface area contributed by atoms with E-state index in [2.05, 4.69) is 10.5 Å². The lowest BCUT2D eigenvalue weighted by Crippen LogP contribution is -2.20. The Kier molecular flexibility index (Phi) is 6.21. The molecule has 0 bridgehead atoms. The summed E-state index contributed by atoms with van der Waals surface area (Å²) in [5.41, 5.74) is 5.20. The largest absolute Gasteiger partial charge is 0.497 e. The Morgan fingerprint density at radius 3 is 2.58 bits per heavy atom. The van der Waals surface area contributed by atoms with Crippen molar-refractivity contribution >= 4 is 29.4 Å². The number of rotatable bonds is 6. The lowest BCUT2D eigenvalue weighted by Gasteiger charge is -2.11. The maximum absolute atomic E-state index is 12.0. The Hall–Kier alpha value is -2.53. The highest BCUT2D eigenvalue weighted by Gasteiger charge is 2.08. The van der Waals surface area contributed by atoms with Gasteiger partial charge in [-0.1, -0.05) is 23.7 Å². The predicted octanol–water partition coefficient (Wildman–Crippen LogP) is 3.11. The van der Waals surface area contributed by atoms with Crippen LogP contribution >= 0.6 is 11.6 Å². The number of methoxy groups -OCH3 is 1. The van der Waals surface area contributed by atoms with Gasteiger partial charge in [0, 0.05) is 24.8 Å². The standard InChI is InChI=1S/C18H20ClN3O2/c1-22(2)15-6-4-13(5-7-15)12-20-21-18(23)11-14-10-16(24-3)8-9-17(14)19/h4-10,12H,11H2,1-3H3,(H,21,23)/b20-12+. The molecule has 0 aliphatic rings. The number of nitrogens with one attached hydrogen (secondary N) is 1. The number of anilines is 1. The maximum atomic E-state index is 12.0.